The summed E-state index contributed by atoms with van der Waals surface area (Å²) in [6.45, 7) is 4.30. The van der Waals surface area contributed by atoms with Crippen LogP contribution in [0, 0.1) is 0 Å². The maximum Gasteiger partial charge on any atom is 0.335 e. The molecule has 1 saturated heterocycles. The van der Waals surface area contributed by atoms with Gasteiger partial charge < -0.3 is 5.11 Å². The van der Waals surface area contributed by atoms with Crippen molar-refractivity contribution in [1.82, 2.24) is 4.90 Å². The average molecular weight is 340 g/mol. The first kappa shape index (κ1) is 15.5. The Bertz CT molecular complexity index is 476. The van der Waals surface area contributed by atoms with Gasteiger partial charge in [0.05, 0.1) is 5.56 Å². The van der Waals surface area contributed by atoms with Crippen LogP contribution in [0.3, 0.4) is 0 Å². The van der Waals surface area contributed by atoms with Gasteiger partial charge >= 0.3 is 5.97 Å². The molecule has 2 rings (SSSR count). The Hall–Kier alpha value is -0.870. The first-order valence-corrected chi connectivity index (χ1v) is 8.17. The van der Waals surface area contributed by atoms with Gasteiger partial charge in [0.1, 0.15) is 0 Å². The summed E-state index contributed by atoms with van der Waals surface area (Å²) >= 11 is 3.51. The monoisotopic (exact) mass is 339 g/mol. The molecule has 0 aliphatic carbocycles. The fraction of sp³-hybridized carbons (Fsp3) is 0.562. The van der Waals surface area contributed by atoms with Crippen molar-refractivity contribution in [3.05, 3.63) is 33.8 Å². The Morgan fingerprint density at radius 1 is 1.40 bits per heavy atom. The summed E-state index contributed by atoms with van der Waals surface area (Å²) < 4.78 is 0.900. The van der Waals surface area contributed by atoms with Crippen molar-refractivity contribution < 1.29 is 9.90 Å². The highest BCUT2D eigenvalue weighted by Crippen LogP contribution is 2.25. The van der Waals surface area contributed by atoms with Crippen molar-refractivity contribution >= 4 is 21.9 Å². The third kappa shape index (κ3) is 3.83. The molecule has 1 aliphatic rings. The van der Waals surface area contributed by atoms with E-state index in [-0.39, 0.29) is 0 Å². The van der Waals surface area contributed by atoms with E-state index in [1.54, 1.807) is 12.1 Å². The van der Waals surface area contributed by atoms with Crippen molar-refractivity contribution in [2.24, 2.45) is 0 Å². The Balaban J connectivity index is 2.13. The molecule has 0 aromatic heterocycles. The molecule has 0 bridgehead atoms. The van der Waals surface area contributed by atoms with E-state index in [9.17, 15) is 4.79 Å². The van der Waals surface area contributed by atoms with E-state index in [1.165, 1.54) is 37.7 Å². The number of carbonyl (C=O) groups is 1. The predicted molar refractivity (Wildman–Crippen MR) is 84.1 cm³/mol. The Kier molecular flexibility index (Phi) is 5.61. The number of carboxylic acids is 1. The summed E-state index contributed by atoms with van der Waals surface area (Å²) in [4.78, 5) is 13.5. The lowest BCUT2D eigenvalue weighted by Crippen LogP contribution is -2.33. The third-order valence-corrected chi connectivity index (χ3v) is 4.88. The van der Waals surface area contributed by atoms with E-state index >= 15 is 0 Å². The summed E-state index contributed by atoms with van der Waals surface area (Å²) in [6.07, 6.45) is 6.38. The largest absolute Gasteiger partial charge is 0.478 e. The van der Waals surface area contributed by atoms with Crippen molar-refractivity contribution in [3.63, 3.8) is 0 Å². The highest BCUT2D eigenvalue weighted by atomic mass is 79.9. The van der Waals surface area contributed by atoms with E-state index < -0.39 is 5.97 Å². The number of carboxylic acid groups (broad SMARTS) is 1. The maximum atomic E-state index is 11.0. The molecule has 0 radical (unpaired) electrons. The molecule has 110 valence electrons. The average Bonchev–Trinajstić information content (AvgIpc) is 2.65. The number of benzene rings is 1. The third-order valence-electron chi connectivity index (χ3n) is 4.14. The van der Waals surface area contributed by atoms with Crippen molar-refractivity contribution in [1.29, 1.82) is 0 Å². The van der Waals surface area contributed by atoms with Crippen molar-refractivity contribution in [3.8, 4) is 0 Å². The van der Waals surface area contributed by atoms with Gasteiger partial charge in [0.2, 0.25) is 0 Å². The molecular formula is C16H22BrNO2. The van der Waals surface area contributed by atoms with Crippen molar-refractivity contribution in [2.45, 2.75) is 51.6 Å². The van der Waals surface area contributed by atoms with E-state index in [0.717, 1.165) is 17.6 Å². The first-order valence-electron chi connectivity index (χ1n) is 7.37. The van der Waals surface area contributed by atoms with Gasteiger partial charge in [-0.25, -0.2) is 4.79 Å². The molecule has 1 aliphatic heterocycles. The highest BCUT2D eigenvalue weighted by molar-refractivity contribution is 9.10. The van der Waals surface area contributed by atoms with Crippen molar-refractivity contribution in [2.75, 3.05) is 6.54 Å². The molecule has 0 spiro atoms. The second-order valence-electron chi connectivity index (χ2n) is 5.49. The molecule has 1 aromatic rings. The zero-order valence-electron chi connectivity index (χ0n) is 11.9. The lowest BCUT2D eigenvalue weighted by molar-refractivity contribution is 0.0696. The van der Waals surface area contributed by atoms with Crippen LogP contribution < -0.4 is 0 Å². The molecule has 4 heteroatoms. The number of nitrogens with zero attached hydrogens (tertiary/aromatic N) is 1. The molecule has 3 nitrogen and oxygen atoms in total. The minimum atomic E-state index is -0.876. The summed E-state index contributed by atoms with van der Waals surface area (Å²) in [5.74, 6) is -0.876. The normalized spacial score (nSPS) is 20.6. The molecule has 20 heavy (non-hydrogen) atoms. The molecule has 0 amide bonds. The van der Waals surface area contributed by atoms with Crippen LogP contribution in [0.5, 0.6) is 0 Å². The first-order chi connectivity index (χ1) is 9.61. The number of aromatic carboxylic acids is 1. The van der Waals surface area contributed by atoms with Crippen LogP contribution in [0.4, 0.5) is 0 Å². The van der Waals surface area contributed by atoms with Gasteiger partial charge in [0.25, 0.3) is 0 Å². The van der Waals surface area contributed by atoms with Gasteiger partial charge in [0.15, 0.2) is 0 Å². The minimum Gasteiger partial charge on any atom is -0.478 e. The Labute approximate surface area is 129 Å². The highest BCUT2D eigenvalue weighted by Gasteiger charge is 2.20. The fourth-order valence-electron chi connectivity index (χ4n) is 2.93. The second kappa shape index (κ2) is 7.23. The lowest BCUT2D eigenvalue weighted by Gasteiger charge is -2.29. The molecular weight excluding hydrogens is 318 g/mol. The number of likely N-dealkylation sites (tertiary alicyclic amines) is 1. The summed E-state index contributed by atoms with van der Waals surface area (Å²) in [7, 11) is 0. The zero-order chi connectivity index (χ0) is 14.5. The van der Waals surface area contributed by atoms with Crippen LogP contribution in [0.1, 0.15) is 54.9 Å². The van der Waals surface area contributed by atoms with E-state index in [0.29, 0.717) is 11.6 Å². The van der Waals surface area contributed by atoms with Gasteiger partial charge in [-0.3, -0.25) is 4.90 Å². The number of halogens is 1. The van der Waals surface area contributed by atoms with Crippen LogP contribution in [-0.4, -0.2) is 28.6 Å². The molecule has 1 fully saturated rings. The smallest absolute Gasteiger partial charge is 0.335 e. The summed E-state index contributed by atoms with van der Waals surface area (Å²) in [6, 6.07) is 5.99. The lowest BCUT2D eigenvalue weighted by atomic mass is 10.1. The van der Waals surface area contributed by atoms with Gasteiger partial charge in [-0.05, 0) is 43.5 Å². The number of hydrogen-bond donors (Lipinski definition) is 1. The fourth-order valence-corrected chi connectivity index (χ4v) is 3.44. The molecule has 1 N–H and O–H groups in total. The molecule has 1 unspecified atom stereocenters. The molecule has 1 aromatic carbocycles. The van der Waals surface area contributed by atoms with Crippen LogP contribution in [0.15, 0.2) is 22.7 Å². The van der Waals surface area contributed by atoms with Gasteiger partial charge in [-0.2, -0.15) is 0 Å². The Morgan fingerprint density at radius 2 is 2.20 bits per heavy atom. The summed E-state index contributed by atoms with van der Waals surface area (Å²) in [5, 5.41) is 9.01. The topological polar surface area (TPSA) is 40.5 Å². The van der Waals surface area contributed by atoms with Gasteiger partial charge in [0, 0.05) is 17.1 Å². The van der Waals surface area contributed by atoms with E-state index in [4.69, 9.17) is 5.11 Å². The van der Waals surface area contributed by atoms with E-state index in [1.807, 2.05) is 6.07 Å². The quantitative estimate of drug-likeness (QED) is 0.888. The van der Waals surface area contributed by atoms with Gasteiger partial charge in [-0.15, -0.1) is 0 Å². The van der Waals surface area contributed by atoms with Crippen LogP contribution in [-0.2, 0) is 6.54 Å². The predicted octanol–water partition coefficient (Wildman–Crippen LogP) is 4.30. The van der Waals surface area contributed by atoms with Crippen LogP contribution in [0.2, 0.25) is 0 Å². The zero-order valence-corrected chi connectivity index (χ0v) is 13.5. The standard InChI is InChI=1S/C16H22BrNO2/c1-2-14-6-4-3-5-9-18(14)11-13-8-7-12(16(19)20)10-15(13)17/h7-8,10,14H,2-6,9,11H2,1H3,(H,19,20). The Morgan fingerprint density at radius 3 is 2.85 bits per heavy atom. The SMILES string of the molecule is CCC1CCCCCN1Cc1ccc(C(=O)O)cc1Br. The molecule has 1 heterocycles. The van der Waals surface area contributed by atoms with Crippen LogP contribution >= 0.6 is 15.9 Å². The number of rotatable bonds is 4. The number of hydrogen-bond acceptors (Lipinski definition) is 2. The minimum absolute atomic E-state index is 0.337. The second-order valence-corrected chi connectivity index (χ2v) is 6.35. The van der Waals surface area contributed by atoms with Crippen LogP contribution in [0.25, 0.3) is 0 Å². The maximum absolute atomic E-state index is 11.0. The van der Waals surface area contributed by atoms with E-state index in [2.05, 4.69) is 27.8 Å². The molecule has 0 saturated carbocycles. The summed E-state index contributed by atoms with van der Waals surface area (Å²) in [5.41, 5.74) is 1.51. The molecule has 1 atom stereocenters. The van der Waals surface area contributed by atoms with Gasteiger partial charge in [-0.1, -0.05) is 41.8 Å².